The van der Waals surface area contributed by atoms with Crippen molar-refractivity contribution in [2.45, 2.75) is 12.1 Å². The van der Waals surface area contributed by atoms with Crippen LogP contribution in [0.5, 0.6) is 5.75 Å². The maximum Gasteiger partial charge on any atom is 0.463 e. The van der Waals surface area contributed by atoms with Crippen LogP contribution >= 0.6 is 0 Å². The van der Waals surface area contributed by atoms with Gasteiger partial charge >= 0.3 is 18.0 Å². The molecule has 0 saturated heterocycles. The van der Waals surface area contributed by atoms with Gasteiger partial charge in [0.15, 0.2) is 0 Å². The van der Waals surface area contributed by atoms with Crippen molar-refractivity contribution in [2.75, 3.05) is 0 Å². The summed E-state index contributed by atoms with van der Waals surface area (Å²) in [4.78, 5) is 3.02. The summed E-state index contributed by atoms with van der Waals surface area (Å²) in [5.41, 5.74) is 0.130. The summed E-state index contributed by atoms with van der Waals surface area (Å²) in [5.74, 6) is -7.58. The van der Waals surface area contributed by atoms with Crippen molar-refractivity contribution >= 4 is 0 Å². The smallest absolute Gasteiger partial charge is 0.463 e. The highest BCUT2D eigenvalue weighted by Gasteiger charge is 2.63. The van der Waals surface area contributed by atoms with Gasteiger partial charge in [0.1, 0.15) is 5.75 Å². The first-order valence-electron chi connectivity index (χ1n) is 4.80. The van der Waals surface area contributed by atoms with Crippen molar-refractivity contribution < 1.29 is 31.6 Å². The van der Waals surface area contributed by atoms with Crippen molar-refractivity contribution in [1.29, 1.82) is 0 Å². The van der Waals surface area contributed by atoms with Gasteiger partial charge in [-0.3, -0.25) is 0 Å². The molecule has 0 aliphatic heterocycles. The largest absolute Gasteiger partial charge is 0.508 e. The second-order valence-electron chi connectivity index (χ2n) is 3.54. The highest BCUT2D eigenvalue weighted by molar-refractivity contribution is 5.55. The van der Waals surface area contributed by atoms with E-state index in [0.717, 1.165) is 0 Å². The highest BCUT2D eigenvalue weighted by Crippen LogP contribution is 2.43. The summed E-state index contributed by atoms with van der Waals surface area (Å²) in [6.45, 7) is 0. The van der Waals surface area contributed by atoms with Gasteiger partial charge in [-0.1, -0.05) is 5.16 Å². The Hall–Kier alpha value is -2.19. The van der Waals surface area contributed by atoms with E-state index in [-0.39, 0.29) is 11.3 Å². The minimum Gasteiger partial charge on any atom is -0.508 e. The number of phenols is 1. The molecule has 4 nitrogen and oxygen atoms in total. The lowest BCUT2D eigenvalue weighted by Crippen LogP contribution is -2.33. The molecule has 1 aromatic carbocycles. The van der Waals surface area contributed by atoms with Gasteiger partial charge in [-0.2, -0.15) is 26.9 Å². The number of phenolic OH excluding ortho intramolecular Hbond substituents is 1. The van der Waals surface area contributed by atoms with E-state index in [0.29, 0.717) is 0 Å². The average molecular weight is 280 g/mol. The SMILES string of the molecule is Oc1ccc(-c2noc(C(F)(F)C(F)(F)F)n2)cc1. The standard InChI is InChI=1S/C10H5F5N2O2/c11-9(12,10(13,14)15)8-16-7(17-19-8)5-1-3-6(18)4-2-5/h1-4,18H. The predicted molar refractivity (Wildman–Crippen MR) is 51.3 cm³/mol. The molecule has 0 unspecified atom stereocenters. The molecule has 0 radical (unpaired) electrons. The minimum atomic E-state index is -5.81. The van der Waals surface area contributed by atoms with Crippen LogP contribution in [0.4, 0.5) is 22.0 Å². The van der Waals surface area contributed by atoms with E-state index in [1.54, 1.807) is 0 Å². The van der Waals surface area contributed by atoms with Gasteiger partial charge in [-0.05, 0) is 24.3 Å². The Labute approximate surface area is 102 Å². The highest BCUT2D eigenvalue weighted by atomic mass is 19.4. The lowest BCUT2D eigenvalue weighted by molar-refractivity contribution is -0.298. The van der Waals surface area contributed by atoms with Crippen molar-refractivity contribution in [3.8, 4) is 17.1 Å². The Kier molecular flexibility index (Phi) is 2.91. The van der Waals surface area contributed by atoms with Crippen LogP contribution in [-0.4, -0.2) is 21.4 Å². The molecule has 0 saturated carbocycles. The van der Waals surface area contributed by atoms with Crippen LogP contribution < -0.4 is 0 Å². The quantitative estimate of drug-likeness (QED) is 0.859. The van der Waals surface area contributed by atoms with Crippen LogP contribution in [0, 0.1) is 0 Å². The molecule has 0 fully saturated rings. The van der Waals surface area contributed by atoms with Gasteiger partial charge in [0, 0.05) is 5.56 Å². The topological polar surface area (TPSA) is 59.2 Å². The van der Waals surface area contributed by atoms with Crippen molar-refractivity contribution in [2.24, 2.45) is 0 Å². The van der Waals surface area contributed by atoms with E-state index in [9.17, 15) is 22.0 Å². The second kappa shape index (κ2) is 4.18. The molecular weight excluding hydrogens is 275 g/mol. The molecule has 0 atom stereocenters. The maximum absolute atomic E-state index is 12.9. The third-order valence-electron chi connectivity index (χ3n) is 2.18. The molecule has 2 rings (SSSR count). The Bertz CT molecular complexity index is 576. The number of halogens is 5. The maximum atomic E-state index is 12.9. The van der Waals surface area contributed by atoms with Crippen molar-refractivity contribution in [1.82, 2.24) is 10.1 Å². The lowest BCUT2D eigenvalue weighted by Gasteiger charge is -2.14. The second-order valence-corrected chi connectivity index (χ2v) is 3.54. The number of nitrogens with zero attached hydrogens (tertiary/aromatic N) is 2. The summed E-state index contributed by atoms with van der Waals surface area (Å²) in [6, 6.07) is 4.89. The van der Waals surface area contributed by atoms with Crippen LogP contribution in [0.3, 0.4) is 0 Å². The monoisotopic (exact) mass is 280 g/mol. The third kappa shape index (κ3) is 2.35. The third-order valence-corrected chi connectivity index (χ3v) is 2.18. The first-order chi connectivity index (χ1) is 8.72. The van der Waals surface area contributed by atoms with E-state index in [1.165, 1.54) is 24.3 Å². The van der Waals surface area contributed by atoms with Gasteiger partial charge in [0.25, 0.3) is 0 Å². The zero-order chi connectivity index (χ0) is 14.3. The molecule has 0 amide bonds. The molecule has 102 valence electrons. The molecule has 9 heteroatoms. The molecule has 0 bridgehead atoms. The number of alkyl halides is 5. The van der Waals surface area contributed by atoms with Gasteiger partial charge in [-0.25, -0.2) is 0 Å². The summed E-state index contributed by atoms with van der Waals surface area (Å²) in [5, 5.41) is 12.1. The van der Waals surface area contributed by atoms with Crippen LogP contribution in [0.1, 0.15) is 5.89 Å². The molecule has 1 N–H and O–H groups in total. The molecule has 1 aromatic heterocycles. The fourth-order valence-corrected chi connectivity index (χ4v) is 1.20. The van der Waals surface area contributed by atoms with Crippen LogP contribution in [0.15, 0.2) is 28.8 Å². The van der Waals surface area contributed by atoms with E-state index in [1.807, 2.05) is 0 Å². The summed E-state index contributed by atoms with van der Waals surface area (Å²) in [6.07, 6.45) is -5.81. The van der Waals surface area contributed by atoms with Crippen molar-refractivity contribution in [3.63, 3.8) is 0 Å². The number of hydrogen-bond acceptors (Lipinski definition) is 4. The lowest BCUT2D eigenvalue weighted by atomic mass is 10.2. The van der Waals surface area contributed by atoms with E-state index >= 15 is 0 Å². The van der Waals surface area contributed by atoms with Gasteiger partial charge in [0.05, 0.1) is 0 Å². The first kappa shape index (κ1) is 13.2. The Morgan fingerprint density at radius 2 is 1.58 bits per heavy atom. The minimum absolute atomic E-state index is 0.104. The molecular formula is C10H5F5N2O2. The average Bonchev–Trinajstić information content (AvgIpc) is 2.78. The van der Waals surface area contributed by atoms with Crippen LogP contribution in [0.25, 0.3) is 11.4 Å². The number of aromatic hydroxyl groups is 1. The van der Waals surface area contributed by atoms with Gasteiger partial charge in [0.2, 0.25) is 5.82 Å². The summed E-state index contributed by atoms with van der Waals surface area (Å²) in [7, 11) is 0. The Balaban J connectivity index is 2.37. The van der Waals surface area contributed by atoms with E-state index < -0.39 is 23.8 Å². The summed E-state index contributed by atoms with van der Waals surface area (Å²) >= 11 is 0. The summed E-state index contributed by atoms with van der Waals surface area (Å²) < 4.78 is 66.0. The van der Waals surface area contributed by atoms with Crippen LogP contribution in [0.2, 0.25) is 0 Å². The zero-order valence-corrected chi connectivity index (χ0v) is 8.95. The normalized spacial score (nSPS) is 12.7. The van der Waals surface area contributed by atoms with Crippen LogP contribution in [-0.2, 0) is 5.92 Å². The molecule has 0 aliphatic rings. The van der Waals surface area contributed by atoms with Gasteiger partial charge < -0.3 is 9.63 Å². The zero-order valence-electron chi connectivity index (χ0n) is 8.95. The van der Waals surface area contributed by atoms with Gasteiger partial charge in [-0.15, -0.1) is 0 Å². The Morgan fingerprint density at radius 1 is 1.00 bits per heavy atom. The van der Waals surface area contributed by atoms with E-state index in [2.05, 4.69) is 14.7 Å². The molecule has 2 aromatic rings. The number of benzene rings is 1. The molecule has 0 spiro atoms. The number of rotatable bonds is 2. The fourth-order valence-electron chi connectivity index (χ4n) is 1.20. The van der Waals surface area contributed by atoms with Crippen molar-refractivity contribution in [3.05, 3.63) is 30.2 Å². The number of hydrogen-bond donors (Lipinski definition) is 1. The Morgan fingerprint density at radius 3 is 2.11 bits per heavy atom. The fraction of sp³-hybridized carbons (Fsp3) is 0.200. The molecule has 19 heavy (non-hydrogen) atoms. The first-order valence-corrected chi connectivity index (χ1v) is 4.80. The predicted octanol–water partition coefficient (Wildman–Crippen LogP) is 3.10. The molecule has 0 aliphatic carbocycles. The number of aromatic nitrogens is 2. The molecule has 1 heterocycles. The van der Waals surface area contributed by atoms with E-state index in [4.69, 9.17) is 5.11 Å².